The fourth-order valence-electron chi connectivity index (χ4n) is 1.46. The number of rotatable bonds is 5. The van der Waals surface area contributed by atoms with Gasteiger partial charge in [0.25, 0.3) is 0 Å². The van der Waals surface area contributed by atoms with Crippen LogP contribution in [-0.2, 0) is 16.0 Å². The molecule has 1 unspecified atom stereocenters. The molecule has 0 aliphatic carbocycles. The maximum atomic E-state index is 11.9. The van der Waals surface area contributed by atoms with E-state index >= 15 is 0 Å². The van der Waals surface area contributed by atoms with Crippen LogP contribution in [0.5, 0.6) is 0 Å². The van der Waals surface area contributed by atoms with Gasteiger partial charge in [-0.2, -0.15) is 0 Å². The second-order valence-electron chi connectivity index (χ2n) is 4.31. The first-order chi connectivity index (χ1) is 8.39. The maximum absolute atomic E-state index is 11.9. The van der Waals surface area contributed by atoms with Crippen molar-refractivity contribution in [1.29, 1.82) is 0 Å². The van der Waals surface area contributed by atoms with Crippen LogP contribution >= 0.6 is 22.6 Å². The Hall–Kier alpha value is -1.11. The molecule has 18 heavy (non-hydrogen) atoms. The van der Waals surface area contributed by atoms with Gasteiger partial charge in [0.15, 0.2) is 0 Å². The molecule has 0 radical (unpaired) electrons. The van der Waals surface area contributed by atoms with Gasteiger partial charge in [-0.25, -0.2) is 4.79 Å². The standard InChI is InChI=1S/C13H16INO3/c1-3-13(2,12(17)18)15-11(16)8-9-6-4-5-7-10(9)14/h4-7H,3,8H2,1-2H3,(H,15,16)(H,17,18). The number of carboxylic acid groups (broad SMARTS) is 1. The number of aliphatic carboxylic acids is 1. The first-order valence-electron chi connectivity index (χ1n) is 5.67. The number of hydrogen-bond donors (Lipinski definition) is 2. The Morgan fingerprint density at radius 1 is 1.39 bits per heavy atom. The number of halogens is 1. The summed E-state index contributed by atoms with van der Waals surface area (Å²) in [7, 11) is 0. The van der Waals surface area contributed by atoms with Gasteiger partial charge in [-0.1, -0.05) is 25.1 Å². The summed E-state index contributed by atoms with van der Waals surface area (Å²) in [5.74, 6) is -1.29. The van der Waals surface area contributed by atoms with Crippen LogP contribution in [0, 0.1) is 3.57 Å². The van der Waals surface area contributed by atoms with Crippen LogP contribution in [0.4, 0.5) is 0 Å². The molecule has 5 heteroatoms. The Kier molecular flexibility index (Phi) is 5.13. The lowest BCUT2D eigenvalue weighted by Crippen LogP contribution is -2.52. The molecule has 1 rings (SSSR count). The van der Waals surface area contributed by atoms with Gasteiger partial charge in [-0.05, 0) is 47.6 Å². The summed E-state index contributed by atoms with van der Waals surface area (Å²) in [6.07, 6.45) is 0.544. The van der Waals surface area contributed by atoms with E-state index in [1.54, 1.807) is 6.92 Å². The molecule has 0 saturated carbocycles. The monoisotopic (exact) mass is 361 g/mol. The fourth-order valence-corrected chi connectivity index (χ4v) is 2.04. The number of carboxylic acids is 1. The zero-order valence-corrected chi connectivity index (χ0v) is 12.5. The lowest BCUT2D eigenvalue weighted by Gasteiger charge is -2.24. The van der Waals surface area contributed by atoms with E-state index < -0.39 is 11.5 Å². The van der Waals surface area contributed by atoms with Crippen molar-refractivity contribution in [3.05, 3.63) is 33.4 Å². The van der Waals surface area contributed by atoms with Crippen LogP contribution in [0.1, 0.15) is 25.8 Å². The molecular weight excluding hydrogens is 345 g/mol. The molecule has 0 aliphatic heterocycles. The summed E-state index contributed by atoms with van der Waals surface area (Å²) in [5, 5.41) is 11.7. The first kappa shape index (κ1) is 14.9. The molecule has 0 fully saturated rings. The number of carbonyl (C=O) groups excluding carboxylic acids is 1. The SMILES string of the molecule is CCC(C)(NC(=O)Cc1ccccc1I)C(=O)O. The summed E-state index contributed by atoms with van der Waals surface area (Å²) in [6, 6.07) is 7.54. The van der Waals surface area contributed by atoms with E-state index in [1.807, 2.05) is 24.3 Å². The average molecular weight is 361 g/mol. The number of carbonyl (C=O) groups is 2. The van der Waals surface area contributed by atoms with E-state index in [-0.39, 0.29) is 12.3 Å². The molecule has 1 aromatic carbocycles. The Labute approximate surface area is 120 Å². The Morgan fingerprint density at radius 2 is 2.00 bits per heavy atom. The van der Waals surface area contributed by atoms with Crippen molar-refractivity contribution in [2.24, 2.45) is 0 Å². The van der Waals surface area contributed by atoms with Crippen LogP contribution in [0.15, 0.2) is 24.3 Å². The number of amides is 1. The van der Waals surface area contributed by atoms with Crippen molar-refractivity contribution in [2.45, 2.75) is 32.2 Å². The highest BCUT2D eigenvalue weighted by Crippen LogP contribution is 2.14. The molecule has 4 nitrogen and oxygen atoms in total. The summed E-state index contributed by atoms with van der Waals surface area (Å²) in [5.41, 5.74) is -0.295. The summed E-state index contributed by atoms with van der Waals surface area (Å²) < 4.78 is 0.999. The quantitative estimate of drug-likeness (QED) is 0.791. The zero-order chi connectivity index (χ0) is 13.8. The van der Waals surface area contributed by atoms with Crippen LogP contribution in [-0.4, -0.2) is 22.5 Å². The van der Waals surface area contributed by atoms with Gasteiger partial charge in [0.2, 0.25) is 5.91 Å². The second kappa shape index (κ2) is 6.17. The minimum absolute atomic E-state index is 0.196. The highest BCUT2D eigenvalue weighted by Gasteiger charge is 2.32. The average Bonchev–Trinajstić information content (AvgIpc) is 2.31. The van der Waals surface area contributed by atoms with Gasteiger partial charge in [0, 0.05) is 3.57 Å². The highest BCUT2D eigenvalue weighted by molar-refractivity contribution is 14.1. The lowest BCUT2D eigenvalue weighted by atomic mass is 9.98. The van der Waals surface area contributed by atoms with Crippen LogP contribution in [0.25, 0.3) is 0 Å². The van der Waals surface area contributed by atoms with E-state index in [9.17, 15) is 9.59 Å². The molecule has 0 spiro atoms. The largest absolute Gasteiger partial charge is 0.480 e. The third-order valence-corrected chi connectivity index (χ3v) is 3.96. The highest BCUT2D eigenvalue weighted by atomic mass is 127. The van der Waals surface area contributed by atoms with E-state index in [1.165, 1.54) is 6.92 Å². The minimum atomic E-state index is -1.20. The third-order valence-electron chi connectivity index (χ3n) is 2.90. The fraction of sp³-hybridized carbons (Fsp3) is 0.385. The molecule has 0 saturated heterocycles. The smallest absolute Gasteiger partial charge is 0.329 e. The van der Waals surface area contributed by atoms with Crippen molar-refractivity contribution in [3.63, 3.8) is 0 Å². The molecule has 1 atom stereocenters. The summed E-state index contributed by atoms with van der Waals surface area (Å²) in [6.45, 7) is 3.25. The van der Waals surface area contributed by atoms with E-state index in [2.05, 4.69) is 27.9 Å². The predicted octanol–water partition coefficient (Wildman–Crippen LogP) is 2.20. The van der Waals surface area contributed by atoms with Crippen LogP contribution < -0.4 is 5.32 Å². The van der Waals surface area contributed by atoms with E-state index in [0.717, 1.165) is 9.13 Å². The number of hydrogen-bond acceptors (Lipinski definition) is 2. The van der Waals surface area contributed by atoms with Crippen molar-refractivity contribution < 1.29 is 14.7 Å². The van der Waals surface area contributed by atoms with Gasteiger partial charge in [-0.15, -0.1) is 0 Å². The Balaban J connectivity index is 2.73. The van der Waals surface area contributed by atoms with Crippen molar-refractivity contribution in [2.75, 3.05) is 0 Å². The Bertz CT molecular complexity index is 461. The van der Waals surface area contributed by atoms with Gasteiger partial charge in [0.1, 0.15) is 5.54 Å². The second-order valence-corrected chi connectivity index (χ2v) is 5.47. The van der Waals surface area contributed by atoms with Crippen molar-refractivity contribution in [3.8, 4) is 0 Å². The lowest BCUT2D eigenvalue weighted by molar-refractivity contribution is -0.146. The predicted molar refractivity (Wildman–Crippen MR) is 77.3 cm³/mol. The summed E-state index contributed by atoms with van der Waals surface area (Å²) >= 11 is 2.16. The molecular formula is C13H16INO3. The van der Waals surface area contributed by atoms with Crippen molar-refractivity contribution in [1.82, 2.24) is 5.32 Å². The topological polar surface area (TPSA) is 66.4 Å². The van der Waals surface area contributed by atoms with Crippen LogP contribution in [0.3, 0.4) is 0 Å². The molecule has 1 amide bonds. The minimum Gasteiger partial charge on any atom is -0.480 e. The van der Waals surface area contributed by atoms with Gasteiger partial charge >= 0.3 is 5.97 Å². The summed E-state index contributed by atoms with van der Waals surface area (Å²) in [4.78, 5) is 23.0. The molecule has 0 aromatic heterocycles. The van der Waals surface area contributed by atoms with Crippen molar-refractivity contribution >= 4 is 34.5 Å². The van der Waals surface area contributed by atoms with Gasteiger partial charge < -0.3 is 10.4 Å². The number of nitrogens with one attached hydrogen (secondary N) is 1. The zero-order valence-electron chi connectivity index (χ0n) is 10.4. The molecule has 0 heterocycles. The maximum Gasteiger partial charge on any atom is 0.329 e. The van der Waals surface area contributed by atoms with Gasteiger partial charge in [-0.3, -0.25) is 4.79 Å². The van der Waals surface area contributed by atoms with E-state index in [4.69, 9.17) is 5.11 Å². The third kappa shape index (κ3) is 3.69. The molecule has 0 bridgehead atoms. The Morgan fingerprint density at radius 3 is 2.50 bits per heavy atom. The first-order valence-corrected chi connectivity index (χ1v) is 6.74. The number of benzene rings is 1. The molecule has 0 aliphatic rings. The van der Waals surface area contributed by atoms with Crippen LogP contribution in [0.2, 0.25) is 0 Å². The normalized spacial score (nSPS) is 13.7. The molecule has 2 N–H and O–H groups in total. The van der Waals surface area contributed by atoms with Gasteiger partial charge in [0.05, 0.1) is 6.42 Å². The van der Waals surface area contributed by atoms with E-state index in [0.29, 0.717) is 6.42 Å². The molecule has 98 valence electrons. The molecule has 1 aromatic rings.